The Morgan fingerprint density at radius 2 is 1.68 bits per heavy atom. The molecule has 0 radical (unpaired) electrons. The summed E-state index contributed by atoms with van der Waals surface area (Å²) in [6.07, 6.45) is 1.42. The number of carbonyl (C=O) groups excluding carboxylic acids is 2. The van der Waals surface area contributed by atoms with E-state index in [1.54, 1.807) is 49.4 Å². The molecule has 2 aromatic rings. The van der Waals surface area contributed by atoms with Crippen molar-refractivity contribution >= 4 is 50.7 Å². The molecule has 11 heteroatoms. The zero-order chi connectivity index (χ0) is 28.7. The van der Waals surface area contributed by atoms with Crippen LogP contribution in [0.15, 0.2) is 42.5 Å². The molecule has 0 bridgehead atoms. The molecule has 1 atom stereocenters. The van der Waals surface area contributed by atoms with Crippen molar-refractivity contribution in [3.05, 3.63) is 58.1 Å². The Balaban J connectivity index is 2.20. The fraction of sp³-hybridized carbons (Fsp3) is 0.481. The van der Waals surface area contributed by atoms with E-state index >= 15 is 0 Å². The molecule has 1 unspecified atom stereocenters. The predicted molar refractivity (Wildman–Crippen MR) is 153 cm³/mol. The van der Waals surface area contributed by atoms with Crippen LogP contribution in [0.4, 0.5) is 5.69 Å². The average molecular weight is 587 g/mol. The van der Waals surface area contributed by atoms with E-state index in [1.165, 1.54) is 9.21 Å². The van der Waals surface area contributed by atoms with Gasteiger partial charge in [-0.3, -0.25) is 13.9 Å². The molecule has 2 aromatic carbocycles. The zero-order valence-corrected chi connectivity index (χ0v) is 25.1. The number of rotatable bonds is 12. The summed E-state index contributed by atoms with van der Waals surface area (Å²) < 4.78 is 31.7. The first kappa shape index (κ1) is 31.7. The van der Waals surface area contributed by atoms with Crippen LogP contribution in [0.2, 0.25) is 10.0 Å². The average Bonchev–Trinajstić information content (AvgIpc) is 2.81. The number of nitrogens with zero attached hydrogens (tertiary/aromatic N) is 2. The second kappa shape index (κ2) is 13.5. The molecule has 0 aromatic heterocycles. The Hall–Kier alpha value is -2.49. The molecule has 2 amide bonds. The van der Waals surface area contributed by atoms with E-state index in [2.05, 4.69) is 5.32 Å². The van der Waals surface area contributed by atoms with Gasteiger partial charge in [-0.2, -0.15) is 0 Å². The fourth-order valence-electron chi connectivity index (χ4n) is 3.77. The number of hydrogen-bond donors (Lipinski definition) is 1. The van der Waals surface area contributed by atoms with Gasteiger partial charge in [0.15, 0.2) is 0 Å². The van der Waals surface area contributed by atoms with Crippen molar-refractivity contribution in [2.75, 3.05) is 23.7 Å². The second-order valence-electron chi connectivity index (χ2n) is 10.1. The molecule has 8 nitrogen and oxygen atoms in total. The van der Waals surface area contributed by atoms with E-state index in [9.17, 15) is 18.0 Å². The number of amides is 2. The molecular formula is C27H37Cl2N3O5S. The lowest BCUT2D eigenvalue weighted by Crippen LogP contribution is -2.52. The Morgan fingerprint density at radius 3 is 2.21 bits per heavy atom. The number of halogens is 2. The highest BCUT2D eigenvalue weighted by Gasteiger charge is 2.29. The van der Waals surface area contributed by atoms with Gasteiger partial charge in [-0.25, -0.2) is 8.42 Å². The first-order valence-electron chi connectivity index (χ1n) is 12.4. The lowest BCUT2D eigenvalue weighted by Gasteiger charge is -2.32. The molecule has 0 spiro atoms. The van der Waals surface area contributed by atoms with E-state index in [4.69, 9.17) is 27.9 Å². The van der Waals surface area contributed by atoms with Crippen molar-refractivity contribution in [1.82, 2.24) is 10.2 Å². The molecule has 0 fully saturated rings. The number of carbonyl (C=O) groups is 2. The highest BCUT2D eigenvalue weighted by molar-refractivity contribution is 7.92. The molecule has 2 rings (SSSR count). The van der Waals surface area contributed by atoms with Crippen LogP contribution in [0.3, 0.4) is 0 Å². The summed E-state index contributed by atoms with van der Waals surface area (Å²) in [6, 6.07) is 11.0. The van der Waals surface area contributed by atoms with Crippen LogP contribution in [0, 0.1) is 0 Å². The van der Waals surface area contributed by atoms with E-state index in [0.29, 0.717) is 28.1 Å². The van der Waals surface area contributed by atoms with Gasteiger partial charge in [0.25, 0.3) is 0 Å². The van der Waals surface area contributed by atoms with Crippen LogP contribution < -0.4 is 14.4 Å². The first-order chi connectivity index (χ1) is 17.6. The number of ether oxygens (including phenoxy) is 1. The van der Waals surface area contributed by atoms with E-state index in [-0.39, 0.29) is 37.7 Å². The minimum Gasteiger partial charge on any atom is -0.494 e. The van der Waals surface area contributed by atoms with Crippen LogP contribution in [0.5, 0.6) is 5.75 Å². The number of sulfonamides is 1. The van der Waals surface area contributed by atoms with Gasteiger partial charge in [0.05, 0.1) is 28.6 Å². The van der Waals surface area contributed by atoms with Crippen molar-refractivity contribution in [1.29, 1.82) is 0 Å². The Kier molecular flexibility index (Phi) is 11.3. The summed E-state index contributed by atoms with van der Waals surface area (Å²) in [5, 5.41) is 3.65. The van der Waals surface area contributed by atoms with Crippen LogP contribution in [-0.4, -0.2) is 56.1 Å². The summed E-state index contributed by atoms with van der Waals surface area (Å²) >= 11 is 12.2. The highest BCUT2D eigenvalue weighted by atomic mass is 35.5. The summed E-state index contributed by atoms with van der Waals surface area (Å²) in [7, 11) is -3.59. The van der Waals surface area contributed by atoms with Gasteiger partial charge < -0.3 is 15.0 Å². The molecular weight excluding hydrogens is 549 g/mol. The van der Waals surface area contributed by atoms with Crippen molar-refractivity contribution in [2.45, 2.75) is 65.6 Å². The van der Waals surface area contributed by atoms with Gasteiger partial charge >= 0.3 is 0 Å². The maximum atomic E-state index is 13.4. The lowest BCUT2D eigenvalue weighted by molar-refractivity contribution is -0.141. The summed E-state index contributed by atoms with van der Waals surface area (Å²) in [5.74, 6) is 0.0613. The molecule has 0 aliphatic heterocycles. The van der Waals surface area contributed by atoms with Gasteiger partial charge in [0.2, 0.25) is 21.8 Å². The van der Waals surface area contributed by atoms with E-state index < -0.39 is 21.6 Å². The van der Waals surface area contributed by atoms with Crippen molar-refractivity contribution in [3.8, 4) is 5.75 Å². The topological polar surface area (TPSA) is 96.0 Å². The van der Waals surface area contributed by atoms with Gasteiger partial charge in [-0.1, -0.05) is 29.3 Å². The van der Waals surface area contributed by atoms with E-state index in [0.717, 1.165) is 11.8 Å². The number of benzene rings is 2. The molecule has 0 aliphatic carbocycles. The fourth-order valence-corrected chi connectivity index (χ4v) is 5.06. The largest absolute Gasteiger partial charge is 0.494 e. The molecule has 0 heterocycles. The van der Waals surface area contributed by atoms with E-state index in [1.807, 2.05) is 27.7 Å². The Morgan fingerprint density at radius 1 is 1.05 bits per heavy atom. The Bertz CT molecular complexity index is 1210. The number of hydrogen-bond acceptors (Lipinski definition) is 5. The van der Waals surface area contributed by atoms with Crippen LogP contribution in [0.1, 0.15) is 53.0 Å². The quantitative estimate of drug-likeness (QED) is 0.366. The molecule has 38 heavy (non-hydrogen) atoms. The minimum absolute atomic E-state index is 0.0392. The standard InChI is InChI=1S/C27H37Cl2N3O5S/c1-7-37-22-13-11-21(12-14-22)32(38(6,35)36)16-8-9-25(33)31(19(2)26(34)30-27(3,4)5)18-20-10-15-23(28)24(29)17-20/h10-15,17,19H,7-9,16,18H2,1-6H3,(H,30,34). The molecule has 1 N–H and O–H groups in total. The molecule has 0 aliphatic rings. The summed E-state index contributed by atoms with van der Waals surface area (Å²) in [6.45, 7) is 9.87. The van der Waals surface area contributed by atoms with Crippen molar-refractivity contribution in [3.63, 3.8) is 0 Å². The second-order valence-corrected chi connectivity index (χ2v) is 12.8. The van der Waals surface area contributed by atoms with Gasteiger partial charge in [-0.05, 0) is 83.0 Å². The van der Waals surface area contributed by atoms with Crippen LogP contribution in [0.25, 0.3) is 0 Å². The number of anilines is 1. The number of nitrogens with one attached hydrogen (secondary N) is 1. The van der Waals surface area contributed by atoms with Crippen molar-refractivity contribution in [2.24, 2.45) is 0 Å². The third-order valence-electron chi connectivity index (χ3n) is 5.59. The summed E-state index contributed by atoms with van der Waals surface area (Å²) in [5.41, 5.74) is 0.724. The third kappa shape index (κ3) is 9.67. The third-order valence-corrected chi connectivity index (χ3v) is 7.52. The SMILES string of the molecule is CCOc1ccc(N(CCCC(=O)N(Cc2ccc(Cl)c(Cl)c2)C(C)C(=O)NC(C)(C)C)S(C)(=O)=O)cc1. The minimum atomic E-state index is -3.59. The normalized spacial score (nSPS) is 12.5. The van der Waals surface area contributed by atoms with Crippen LogP contribution >= 0.6 is 23.2 Å². The van der Waals surface area contributed by atoms with Gasteiger partial charge in [0, 0.05) is 25.0 Å². The highest BCUT2D eigenvalue weighted by Crippen LogP contribution is 2.25. The molecule has 0 saturated heterocycles. The Labute approximate surface area is 236 Å². The smallest absolute Gasteiger partial charge is 0.242 e. The van der Waals surface area contributed by atoms with Crippen molar-refractivity contribution < 1.29 is 22.7 Å². The van der Waals surface area contributed by atoms with Gasteiger partial charge in [0.1, 0.15) is 11.8 Å². The first-order valence-corrected chi connectivity index (χ1v) is 15.0. The molecule has 210 valence electrons. The maximum absolute atomic E-state index is 13.4. The van der Waals surface area contributed by atoms with Gasteiger partial charge in [-0.15, -0.1) is 0 Å². The maximum Gasteiger partial charge on any atom is 0.242 e. The lowest BCUT2D eigenvalue weighted by atomic mass is 10.1. The monoisotopic (exact) mass is 585 g/mol. The van der Waals surface area contributed by atoms with Crippen LogP contribution in [-0.2, 0) is 26.2 Å². The molecule has 0 saturated carbocycles. The predicted octanol–water partition coefficient (Wildman–Crippen LogP) is 5.27. The summed E-state index contributed by atoms with van der Waals surface area (Å²) in [4.78, 5) is 27.8. The zero-order valence-electron chi connectivity index (χ0n) is 22.8.